The Hall–Kier alpha value is -1.37. The molecular weight excluding hydrogens is 252 g/mol. The summed E-state index contributed by atoms with van der Waals surface area (Å²) in [4.78, 5) is 23.8. The molecule has 1 saturated carbocycles. The van der Waals surface area contributed by atoms with Crippen molar-refractivity contribution >= 4 is 17.2 Å². The molecule has 0 bridgehead atoms. The highest BCUT2D eigenvalue weighted by molar-refractivity contribution is 7.80. The van der Waals surface area contributed by atoms with Gasteiger partial charge in [-0.2, -0.15) is 0 Å². The first-order valence-electron chi connectivity index (χ1n) is 6.28. The summed E-state index contributed by atoms with van der Waals surface area (Å²) in [5.41, 5.74) is 4.12. The van der Waals surface area contributed by atoms with Crippen LogP contribution in [0, 0.1) is 0 Å². The second-order valence-corrected chi connectivity index (χ2v) is 5.30. The van der Waals surface area contributed by atoms with E-state index >= 15 is 0 Å². The van der Waals surface area contributed by atoms with Crippen molar-refractivity contribution in [1.82, 2.24) is 14.8 Å². The van der Waals surface area contributed by atoms with Gasteiger partial charge < -0.3 is 5.73 Å². The number of aromatic nitrogens is 3. The van der Waals surface area contributed by atoms with Crippen molar-refractivity contribution in [3.63, 3.8) is 0 Å². The van der Waals surface area contributed by atoms with Crippen molar-refractivity contribution in [1.29, 1.82) is 0 Å². The fourth-order valence-corrected chi connectivity index (χ4v) is 3.07. The molecule has 0 spiro atoms. The van der Waals surface area contributed by atoms with E-state index < -0.39 is 16.9 Å². The number of hydrogen-bond donors (Lipinski definition) is 3. The number of nitrogens with zero attached hydrogens (tertiary/aromatic N) is 1. The van der Waals surface area contributed by atoms with Crippen LogP contribution in [0.1, 0.15) is 44.9 Å². The summed E-state index contributed by atoms with van der Waals surface area (Å²) >= 11 is 5.15. The SMILES string of the molecule is NC(=S)C1(n2c(=O)[nH][nH]c2=O)CCCCCCC1. The van der Waals surface area contributed by atoms with Crippen LogP contribution in [-0.2, 0) is 5.54 Å². The molecule has 100 valence electrons. The van der Waals surface area contributed by atoms with E-state index in [0.29, 0.717) is 12.8 Å². The van der Waals surface area contributed by atoms with E-state index in [1.165, 1.54) is 11.0 Å². The van der Waals surface area contributed by atoms with Gasteiger partial charge in [0.25, 0.3) is 0 Å². The van der Waals surface area contributed by atoms with Gasteiger partial charge in [-0.3, -0.25) is 0 Å². The van der Waals surface area contributed by atoms with Crippen LogP contribution in [0.2, 0.25) is 0 Å². The van der Waals surface area contributed by atoms with Gasteiger partial charge in [-0.25, -0.2) is 24.4 Å². The Kier molecular flexibility index (Phi) is 3.70. The molecule has 1 aromatic rings. The third-order valence-corrected chi connectivity index (χ3v) is 4.13. The van der Waals surface area contributed by atoms with Gasteiger partial charge in [0, 0.05) is 0 Å². The number of nitrogens with two attached hydrogens (primary N) is 1. The van der Waals surface area contributed by atoms with E-state index in [1.807, 2.05) is 0 Å². The standard InChI is InChI=1S/C11H18N4O2S/c12-8(18)11(6-4-2-1-3-5-7-11)15-9(16)13-14-10(15)17/h1-7H2,(H2,12,18)(H,13,16)(H,14,17). The van der Waals surface area contributed by atoms with Crippen molar-refractivity contribution in [2.45, 2.75) is 50.5 Å². The van der Waals surface area contributed by atoms with Gasteiger partial charge in [0.1, 0.15) is 5.54 Å². The molecule has 0 radical (unpaired) electrons. The Balaban J connectivity index is 2.52. The van der Waals surface area contributed by atoms with Crippen LogP contribution in [0.15, 0.2) is 9.59 Å². The van der Waals surface area contributed by atoms with E-state index in [2.05, 4.69) is 10.2 Å². The van der Waals surface area contributed by atoms with Gasteiger partial charge in [-0.05, 0) is 12.8 Å². The van der Waals surface area contributed by atoms with Crippen molar-refractivity contribution in [3.05, 3.63) is 21.0 Å². The molecule has 7 heteroatoms. The van der Waals surface area contributed by atoms with Crippen LogP contribution in [0.25, 0.3) is 0 Å². The summed E-state index contributed by atoms with van der Waals surface area (Å²) in [7, 11) is 0. The minimum atomic E-state index is -0.805. The number of rotatable bonds is 2. The molecule has 0 aliphatic heterocycles. The maximum absolute atomic E-state index is 11.8. The molecule has 18 heavy (non-hydrogen) atoms. The van der Waals surface area contributed by atoms with E-state index in [9.17, 15) is 9.59 Å². The summed E-state index contributed by atoms with van der Waals surface area (Å²) < 4.78 is 1.17. The van der Waals surface area contributed by atoms with Crippen molar-refractivity contribution in [2.24, 2.45) is 5.73 Å². The number of thiocarbonyl (C=S) groups is 1. The zero-order chi connectivity index (χ0) is 13.2. The molecule has 1 fully saturated rings. The van der Waals surface area contributed by atoms with Gasteiger partial charge >= 0.3 is 11.4 Å². The second kappa shape index (κ2) is 5.09. The van der Waals surface area contributed by atoms with Gasteiger partial charge in [0.15, 0.2) is 0 Å². The summed E-state index contributed by atoms with van der Waals surface area (Å²) in [5.74, 6) is 0. The highest BCUT2D eigenvalue weighted by Gasteiger charge is 2.38. The summed E-state index contributed by atoms with van der Waals surface area (Å²) in [5, 5.41) is 4.61. The second-order valence-electron chi connectivity index (χ2n) is 4.86. The minimum absolute atomic E-state index is 0.233. The lowest BCUT2D eigenvalue weighted by atomic mass is 9.83. The maximum Gasteiger partial charge on any atom is 0.345 e. The highest BCUT2D eigenvalue weighted by atomic mass is 32.1. The Morgan fingerprint density at radius 3 is 1.94 bits per heavy atom. The normalized spacial score (nSPS) is 20.0. The molecule has 0 aromatic carbocycles. The van der Waals surface area contributed by atoms with Crippen LogP contribution in [0.3, 0.4) is 0 Å². The number of hydrogen-bond acceptors (Lipinski definition) is 3. The van der Waals surface area contributed by atoms with E-state index in [0.717, 1.165) is 25.7 Å². The molecule has 1 aromatic heterocycles. The van der Waals surface area contributed by atoms with E-state index in [-0.39, 0.29) is 4.99 Å². The highest BCUT2D eigenvalue weighted by Crippen LogP contribution is 2.31. The number of aromatic amines is 2. The lowest BCUT2D eigenvalue weighted by Crippen LogP contribution is -2.53. The first-order valence-corrected chi connectivity index (χ1v) is 6.69. The molecule has 0 atom stereocenters. The van der Waals surface area contributed by atoms with Gasteiger partial charge in [0.05, 0.1) is 4.99 Å². The summed E-state index contributed by atoms with van der Waals surface area (Å²) in [6.07, 6.45) is 6.52. The average Bonchev–Trinajstić information content (AvgIpc) is 2.60. The predicted molar refractivity (Wildman–Crippen MR) is 72.8 cm³/mol. The zero-order valence-electron chi connectivity index (χ0n) is 10.2. The van der Waals surface area contributed by atoms with Crippen LogP contribution < -0.4 is 17.1 Å². The van der Waals surface area contributed by atoms with Crippen LogP contribution >= 0.6 is 12.2 Å². The fourth-order valence-electron chi connectivity index (χ4n) is 2.77. The molecule has 6 nitrogen and oxygen atoms in total. The quantitative estimate of drug-likeness (QED) is 0.685. The predicted octanol–water partition coefficient (Wildman–Crippen LogP) is 0.590. The first kappa shape index (κ1) is 13.1. The number of H-pyrrole nitrogens is 2. The van der Waals surface area contributed by atoms with E-state index in [4.69, 9.17) is 18.0 Å². The summed E-state index contributed by atoms with van der Waals surface area (Å²) in [6.45, 7) is 0. The van der Waals surface area contributed by atoms with Crippen molar-refractivity contribution in [3.8, 4) is 0 Å². The Bertz CT molecular complexity index is 506. The van der Waals surface area contributed by atoms with Crippen LogP contribution in [-0.4, -0.2) is 19.8 Å². The molecular formula is C11H18N4O2S. The minimum Gasteiger partial charge on any atom is -0.391 e. The molecule has 0 saturated heterocycles. The lowest BCUT2D eigenvalue weighted by molar-refractivity contribution is 0.291. The van der Waals surface area contributed by atoms with Crippen LogP contribution in [0.5, 0.6) is 0 Å². The van der Waals surface area contributed by atoms with Gasteiger partial charge in [-0.1, -0.05) is 44.3 Å². The molecule has 4 N–H and O–H groups in total. The Labute approximate surface area is 110 Å². The lowest BCUT2D eigenvalue weighted by Gasteiger charge is -2.34. The average molecular weight is 270 g/mol. The third kappa shape index (κ3) is 2.14. The third-order valence-electron chi connectivity index (χ3n) is 3.75. The topological polar surface area (TPSA) is 96.7 Å². The van der Waals surface area contributed by atoms with Gasteiger partial charge in [-0.15, -0.1) is 0 Å². The molecule has 2 rings (SSSR count). The zero-order valence-corrected chi connectivity index (χ0v) is 11.0. The number of nitrogens with one attached hydrogen (secondary N) is 2. The Morgan fingerprint density at radius 1 is 1.06 bits per heavy atom. The molecule has 1 aliphatic rings. The molecule has 1 aliphatic carbocycles. The maximum atomic E-state index is 11.8. The summed E-state index contributed by atoms with van der Waals surface area (Å²) in [6, 6.07) is 0. The first-order chi connectivity index (χ1) is 8.58. The van der Waals surface area contributed by atoms with Gasteiger partial charge in [0.2, 0.25) is 0 Å². The molecule has 1 heterocycles. The Morgan fingerprint density at radius 2 is 1.50 bits per heavy atom. The monoisotopic (exact) mass is 270 g/mol. The van der Waals surface area contributed by atoms with Crippen molar-refractivity contribution < 1.29 is 0 Å². The molecule has 0 unspecified atom stereocenters. The van der Waals surface area contributed by atoms with Crippen molar-refractivity contribution in [2.75, 3.05) is 0 Å². The fraction of sp³-hybridized carbons (Fsp3) is 0.727. The molecule has 0 amide bonds. The largest absolute Gasteiger partial charge is 0.391 e. The smallest absolute Gasteiger partial charge is 0.345 e. The van der Waals surface area contributed by atoms with E-state index in [1.54, 1.807) is 0 Å². The van der Waals surface area contributed by atoms with Crippen LogP contribution in [0.4, 0.5) is 0 Å².